The predicted octanol–water partition coefficient (Wildman–Crippen LogP) is 1.12. The highest BCUT2D eigenvalue weighted by Gasteiger charge is 2.42. The van der Waals surface area contributed by atoms with Gasteiger partial charge in [-0.2, -0.15) is 5.10 Å². The van der Waals surface area contributed by atoms with Crippen molar-refractivity contribution < 1.29 is 4.79 Å². The van der Waals surface area contributed by atoms with E-state index in [9.17, 15) is 4.79 Å². The lowest BCUT2D eigenvalue weighted by Gasteiger charge is -2.19. The largest absolute Gasteiger partial charge is 0.323 e. The maximum absolute atomic E-state index is 12.3. The second-order valence-corrected chi connectivity index (χ2v) is 5.55. The number of rotatable bonds is 2. The molecule has 0 aliphatic carbocycles. The zero-order valence-electron chi connectivity index (χ0n) is 11.2. The summed E-state index contributed by atoms with van der Waals surface area (Å²) in [6.07, 6.45) is 3.34. The maximum Gasteiger partial charge on any atom is 0.229 e. The topological polar surface area (TPSA) is 59.0 Å². The lowest BCUT2D eigenvalue weighted by Crippen LogP contribution is -2.33. The van der Waals surface area contributed by atoms with Crippen molar-refractivity contribution in [1.29, 1.82) is 0 Å². The molecule has 18 heavy (non-hydrogen) atoms. The number of carbonyl (C=O) groups excluding carboxylic acids is 1. The van der Waals surface area contributed by atoms with E-state index in [0.29, 0.717) is 12.1 Å². The summed E-state index contributed by atoms with van der Waals surface area (Å²) >= 11 is 0. The number of aromatic nitrogens is 2. The van der Waals surface area contributed by atoms with Gasteiger partial charge in [-0.3, -0.25) is 9.48 Å². The zero-order valence-corrected chi connectivity index (χ0v) is 11.2. The summed E-state index contributed by atoms with van der Waals surface area (Å²) in [5.41, 5.74) is 2.78. The number of hydrogen-bond acceptors (Lipinski definition) is 3. The van der Waals surface area contributed by atoms with Crippen LogP contribution in [0.15, 0.2) is 0 Å². The van der Waals surface area contributed by atoms with Crippen molar-refractivity contribution in [1.82, 2.24) is 15.1 Å². The van der Waals surface area contributed by atoms with Gasteiger partial charge in [-0.15, -0.1) is 0 Å². The first kappa shape index (κ1) is 11.7. The van der Waals surface area contributed by atoms with E-state index in [-0.39, 0.29) is 11.8 Å². The molecular formula is C13H20N4O. The zero-order chi connectivity index (χ0) is 12.9. The second kappa shape index (κ2) is 4.09. The molecule has 5 nitrogen and oxygen atoms in total. The van der Waals surface area contributed by atoms with Gasteiger partial charge in [0.25, 0.3) is 0 Å². The van der Waals surface area contributed by atoms with E-state index in [1.54, 1.807) is 0 Å². The van der Waals surface area contributed by atoms with Crippen LogP contribution in [0, 0.1) is 19.8 Å². The van der Waals surface area contributed by atoms with Gasteiger partial charge in [-0.1, -0.05) is 0 Å². The third kappa shape index (κ3) is 1.73. The Hall–Kier alpha value is -1.36. The molecule has 5 heteroatoms. The van der Waals surface area contributed by atoms with E-state index in [2.05, 4.69) is 15.7 Å². The van der Waals surface area contributed by atoms with Gasteiger partial charge in [0.15, 0.2) is 0 Å². The van der Waals surface area contributed by atoms with E-state index in [1.165, 1.54) is 6.42 Å². The Morgan fingerprint density at radius 3 is 2.72 bits per heavy atom. The molecule has 1 aromatic heterocycles. The maximum atomic E-state index is 12.3. The Balaban J connectivity index is 1.75. The molecule has 2 aliphatic heterocycles. The fourth-order valence-electron chi connectivity index (χ4n) is 3.28. The summed E-state index contributed by atoms with van der Waals surface area (Å²) in [5.74, 6) is 0.275. The SMILES string of the molecule is Cc1nn(C)c(C)c1NC(=O)C1CC2CCC1N2. The quantitative estimate of drug-likeness (QED) is 0.824. The Bertz CT molecular complexity index is 493. The second-order valence-electron chi connectivity index (χ2n) is 5.55. The molecule has 0 radical (unpaired) electrons. The molecule has 2 aliphatic rings. The highest BCUT2D eigenvalue weighted by atomic mass is 16.2. The van der Waals surface area contributed by atoms with Gasteiger partial charge >= 0.3 is 0 Å². The third-order valence-corrected chi connectivity index (χ3v) is 4.39. The molecule has 2 N–H and O–H groups in total. The first-order valence-electron chi connectivity index (χ1n) is 6.63. The lowest BCUT2D eigenvalue weighted by molar-refractivity contribution is -0.120. The van der Waals surface area contributed by atoms with Crippen molar-refractivity contribution in [3.05, 3.63) is 11.4 Å². The lowest BCUT2D eigenvalue weighted by atomic mass is 9.88. The smallest absolute Gasteiger partial charge is 0.229 e. The molecule has 2 bridgehead atoms. The van der Waals surface area contributed by atoms with Crippen LogP contribution < -0.4 is 10.6 Å². The number of aryl methyl sites for hydroxylation is 2. The van der Waals surface area contributed by atoms with Gasteiger partial charge in [0, 0.05) is 19.1 Å². The average molecular weight is 248 g/mol. The van der Waals surface area contributed by atoms with Crippen LogP contribution in [0.5, 0.6) is 0 Å². The molecule has 3 rings (SSSR count). The van der Waals surface area contributed by atoms with Crippen molar-refractivity contribution in [2.75, 3.05) is 5.32 Å². The summed E-state index contributed by atoms with van der Waals surface area (Å²) in [6, 6.07) is 0.939. The molecule has 0 spiro atoms. The molecule has 1 aromatic rings. The highest BCUT2D eigenvalue weighted by molar-refractivity contribution is 5.94. The van der Waals surface area contributed by atoms with E-state index < -0.39 is 0 Å². The molecule has 3 unspecified atom stereocenters. The van der Waals surface area contributed by atoms with Crippen molar-refractivity contribution in [2.45, 2.75) is 45.2 Å². The molecule has 1 amide bonds. The van der Waals surface area contributed by atoms with Crippen LogP contribution >= 0.6 is 0 Å². The monoisotopic (exact) mass is 248 g/mol. The summed E-state index contributed by atoms with van der Waals surface area (Å²) < 4.78 is 1.81. The van der Waals surface area contributed by atoms with Crippen LogP contribution in [-0.4, -0.2) is 27.8 Å². The molecule has 2 saturated heterocycles. The predicted molar refractivity (Wildman–Crippen MR) is 69.4 cm³/mol. The standard InChI is InChI=1S/C13H20N4O/c1-7-12(8(2)17(3)16-7)15-13(18)10-6-9-4-5-11(10)14-9/h9-11,14H,4-6H2,1-3H3,(H,15,18). The summed E-state index contributed by atoms with van der Waals surface area (Å²) in [5, 5.41) is 10.9. The van der Waals surface area contributed by atoms with Gasteiger partial charge < -0.3 is 10.6 Å². The van der Waals surface area contributed by atoms with E-state index >= 15 is 0 Å². The number of nitrogens with zero attached hydrogens (tertiary/aromatic N) is 2. The number of anilines is 1. The summed E-state index contributed by atoms with van der Waals surface area (Å²) in [7, 11) is 1.90. The highest BCUT2D eigenvalue weighted by Crippen LogP contribution is 2.34. The van der Waals surface area contributed by atoms with Gasteiger partial charge in [0.2, 0.25) is 5.91 Å². The molecule has 98 valence electrons. The number of amides is 1. The number of carbonyl (C=O) groups is 1. The van der Waals surface area contributed by atoms with Crippen molar-refractivity contribution in [3.63, 3.8) is 0 Å². The van der Waals surface area contributed by atoms with Crippen LogP contribution in [0.4, 0.5) is 5.69 Å². The molecule has 0 saturated carbocycles. The minimum atomic E-state index is 0.128. The first-order valence-corrected chi connectivity index (χ1v) is 6.63. The Morgan fingerprint density at radius 1 is 1.44 bits per heavy atom. The summed E-state index contributed by atoms with van der Waals surface area (Å²) in [4.78, 5) is 12.3. The Labute approximate surface area is 107 Å². The van der Waals surface area contributed by atoms with Gasteiger partial charge in [-0.25, -0.2) is 0 Å². The van der Waals surface area contributed by atoms with E-state index in [0.717, 1.165) is 29.9 Å². The minimum absolute atomic E-state index is 0.128. The fourth-order valence-corrected chi connectivity index (χ4v) is 3.28. The minimum Gasteiger partial charge on any atom is -0.323 e. The van der Waals surface area contributed by atoms with Crippen molar-refractivity contribution >= 4 is 11.6 Å². The van der Waals surface area contributed by atoms with Crippen LogP contribution in [0.1, 0.15) is 30.7 Å². The number of nitrogens with one attached hydrogen (secondary N) is 2. The number of hydrogen-bond donors (Lipinski definition) is 2. The van der Waals surface area contributed by atoms with E-state index in [1.807, 2.05) is 25.6 Å². The average Bonchev–Trinajstić information content (AvgIpc) is 3.00. The third-order valence-electron chi connectivity index (χ3n) is 4.39. The first-order chi connectivity index (χ1) is 8.56. The van der Waals surface area contributed by atoms with Crippen LogP contribution in [-0.2, 0) is 11.8 Å². The Morgan fingerprint density at radius 2 is 2.22 bits per heavy atom. The molecule has 2 fully saturated rings. The summed E-state index contributed by atoms with van der Waals surface area (Å²) in [6.45, 7) is 3.91. The fraction of sp³-hybridized carbons (Fsp3) is 0.692. The normalized spacial score (nSPS) is 29.8. The van der Waals surface area contributed by atoms with E-state index in [4.69, 9.17) is 0 Å². The van der Waals surface area contributed by atoms with Crippen LogP contribution in [0.25, 0.3) is 0 Å². The van der Waals surface area contributed by atoms with Crippen molar-refractivity contribution in [3.8, 4) is 0 Å². The van der Waals surface area contributed by atoms with Gasteiger partial charge in [-0.05, 0) is 33.1 Å². The van der Waals surface area contributed by atoms with Gasteiger partial charge in [0.1, 0.15) is 0 Å². The van der Waals surface area contributed by atoms with Crippen LogP contribution in [0.2, 0.25) is 0 Å². The van der Waals surface area contributed by atoms with Crippen molar-refractivity contribution in [2.24, 2.45) is 13.0 Å². The molecule has 0 aromatic carbocycles. The Kier molecular flexibility index (Phi) is 2.66. The van der Waals surface area contributed by atoms with Crippen LogP contribution in [0.3, 0.4) is 0 Å². The number of fused-ring (bicyclic) bond motifs is 2. The molecular weight excluding hydrogens is 228 g/mol. The molecule has 3 heterocycles. The molecule has 3 atom stereocenters. The van der Waals surface area contributed by atoms with Gasteiger partial charge in [0.05, 0.1) is 23.0 Å².